The number of hydrogen-bond acceptors (Lipinski definition) is 4. The van der Waals surface area contributed by atoms with E-state index in [1.165, 1.54) is 38.5 Å². The molecule has 0 amide bonds. The van der Waals surface area contributed by atoms with Crippen LogP contribution in [0.2, 0.25) is 0 Å². The quantitative estimate of drug-likeness (QED) is 0.520. The summed E-state index contributed by atoms with van der Waals surface area (Å²) in [5.41, 5.74) is 7.54. The van der Waals surface area contributed by atoms with Crippen LogP contribution in [-0.2, 0) is 0 Å². The van der Waals surface area contributed by atoms with Crippen molar-refractivity contribution in [3.05, 3.63) is 35.4 Å². The molecule has 0 aromatic heterocycles. The van der Waals surface area contributed by atoms with Crippen LogP contribution in [0.15, 0.2) is 24.3 Å². The first-order valence-electron chi connectivity index (χ1n) is 10.7. The van der Waals surface area contributed by atoms with Gasteiger partial charge in [-0.1, -0.05) is 32.0 Å². The number of hydrogen-bond donors (Lipinski definition) is 3. The van der Waals surface area contributed by atoms with E-state index >= 15 is 0 Å². The summed E-state index contributed by atoms with van der Waals surface area (Å²) in [6, 6.07) is 7.94. The predicted octanol–water partition coefficient (Wildman–Crippen LogP) is 4.04. The van der Waals surface area contributed by atoms with E-state index < -0.39 is 6.23 Å². The number of nitrogens with two attached hydrogens (primary N) is 1. The first-order valence-corrected chi connectivity index (χ1v) is 10.7. The lowest BCUT2D eigenvalue weighted by atomic mass is 9.71. The Morgan fingerprint density at radius 1 is 1.15 bits per heavy atom. The molecule has 4 heteroatoms. The monoisotopic (exact) mass is 372 g/mol. The van der Waals surface area contributed by atoms with Crippen molar-refractivity contribution in [1.29, 1.82) is 0 Å². The third-order valence-electron chi connectivity index (χ3n) is 7.02. The highest BCUT2D eigenvalue weighted by molar-refractivity contribution is 5.74. The molecule has 0 aliphatic heterocycles. The van der Waals surface area contributed by atoms with Gasteiger partial charge in [-0.25, -0.2) is 0 Å². The minimum absolute atomic E-state index is 0.329. The van der Waals surface area contributed by atoms with Gasteiger partial charge < -0.3 is 10.8 Å². The second-order valence-electron chi connectivity index (χ2n) is 9.18. The normalized spacial score (nSPS) is 35.6. The fourth-order valence-corrected chi connectivity index (χ4v) is 5.29. The van der Waals surface area contributed by atoms with Gasteiger partial charge in [0.05, 0.1) is 0 Å². The third kappa shape index (κ3) is 5.40. The van der Waals surface area contributed by atoms with Gasteiger partial charge in [-0.05, 0) is 80.2 Å². The lowest BCUT2D eigenvalue weighted by Crippen LogP contribution is -2.42. The van der Waals surface area contributed by atoms with Gasteiger partial charge in [-0.3, -0.25) is 10.1 Å². The zero-order valence-corrected chi connectivity index (χ0v) is 16.8. The summed E-state index contributed by atoms with van der Waals surface area (Å²) in [6.45, 7) is 4.61. The minimum Gasteiger partial charge on any atom is -0.374 e. The van der Waals surface area contributed by atoms with E-state index in [0.29, 0.717) is 29.5 Å². The van der Waals surface area contributed by atoms with Crippen LogP contribution in [0.1, 0.15) is 80.9 Å². The maximum Gasteiger partial charge on any atom is 0.150 e. The zero-order valence-electron chi connectivity index (χ0n) is 16.8. The molecule has 150 valence electrons. The summed E-state index contributed by atoms with van der Waals surface area (Å²) in [7, 11) is 0. The average molecular weight is 373 g/mol. The molecule has 27 heavy (non-hydrogen) atoms. The molecule has 7 atom stereocenters. The Hall–Kier alpha value is -1.23. The topological polar surface area (TPSA) is 75.3 Å². The van der Waals surface area contributed by atoms with Crippen LogP contribution in [-0.4, -0.2) is 23.5 Å². The van der Waals surface area contributed by atoms with Crippen molar-refractivity contribution in [2.75, 3.05) is 0 Å². The van der Waals surface area contributed by atoms with E-state index in [1.54, 1.807) is 12.1 Å². The van der Waals surface area contributed by atoms with Gasteiger partial charge in [-0.2, -0.15) is 0 Å². The van der Waals surface area contributed by atoms with Crippen molar-refractivity contribution in [2.45, 2.75) is 77.1 Å². The van der Waals surface area contributed by atoms with E-state index in [-0.39, 0.29) is 0 Å². The largest absolute Gasteiger partial charge is 0.374 e. The summed E-state index contributed by atoms with van der Waals surface area (Å²) in [4.78, 5) is 11.0. The summed E-state index contributed by atoms with van der Waals surface area (Å²) in [6.07, 6.45) is 8.80. The number of rotatable bonds is 6. The molecule has 0 radical (unpaired) electrons. The fourth-order valence-electron chi connectivity index (χ4n) is 5.29. The van der Waals surface area contributed by atoms with Gasteiger partial charge in [-0.15, -0.1) is 0 Å². The fraction of sp³-hybridized carbons (Fsp3) is 0.696. The molecule has 3 rings (SSSR count). The van der Waals surface area contributed by atoms with Crippen LogP contribution in [0.5, 0.6) is 0 Å². The molecule has 2 saturated carbocycles. The van der Waals surface area contributed by atoms with E-state index in [2.05, 4.69) is 19.2 Å². The van der Waals surface area contributed by atoms with E-state index in [9.17, 15) is 9.90 Å². The van der Waals surface area contributed by atoms with E-state index in [1.807, 2.05) is 12.1 Å². The zero-order chi connectivity index (χ0) is 19.4. The second-order valence-corrected chi connectivity index (χ2v) is 9.18. The summed E-state index contributed by atoms with van der Waals surface area (Å²) in [5.74, 6) is 2.87. The van der Waals surface area contributed by atoms with Crippen molar-refractivity contribution >= 4 is 6.29 Å². The van der Waals surface area contributed by atoms with Crippen LogP contribution in [0.3, 0.4) is 0 Å². The molecular formula is C23H36N2O2. The Bertz CT molecular complexity index is 620. The van der Waals surface area contributed by atoms with Crippen LogP contribution in [0.25, 0.3) is 0 Å². The number of nitrogens with one attached hydrogen (secondary N) is 1. The molecule has 2 aliphatic carbocycles. The predicted molar refractivity (Wildman–Crippen MR) is 109 cm³/mol. The third-order valence-corrected chi connectivity index (χ3v) is 7.02. The highest BCUT2D eigenvalue weighted by Crippen LogP contribution is 2.39. The Balaban J connectivity index is 1.49. The highest BCUT2D eigenvalue weighted by Gasteiger charge is 2.32. The molecule has 2 fully saturated rings. The highest BCUT2D eigenvalue weighted by atomic mass is 16.3. The van der Waals surface area contributed by atoms with Crippen LogP contribution in [0, 0.1) is 23.7 Å². The SMILES string of the molecule is CC1CC(CC2CCC(NC(O)c3cccc(C=O)c3)C(C)C2)CCC1N. The van der Waals surface area contributed by atoms with Crippen LogP contribution in [0.4, 0.5) is 0 Å². The van der Waals surface area contributed by atoms with Crippen molar-refractivity contribution in [3.8, 4) is 0 Å². The lowest BCUT2D eigenvalue weighted by Gasteiger charge is -2.39. The Kier molecular flexibility index (Phi) is 7.07. The van der Waals surface area contributed by atoms with Crippen molar-refractivity contribution in [2.24, 2.45) is 29.4 Å². The molecular weight excluding hydrogens is 336 g/mol. The molecule has 1 aromatic carbocycles. The van der Waals surface area contributed by atoms with Crippen molar-refractivity contribution in [3.63, 3.8) is 0 Å². The molecule has 0 saturated heterocycles. The molecule has 0 heterocycles. The average Bonchev–Trinajstić information content (AvgIpc) is 2.67. The van der Waals surface area contributed by atoms with Gasteiger partial charge in [0.15, 0.2) is 0 Å². The number of benzene rings is 1. The summed E-state index contributed by atoms with van der Waals surface area (Å²) < 4.78 is 0. The first-order chi connectivity index (χ1) is 13.0. The van der Waals surface area contributed by atoms with Gasteiger partial charge in [0.25, 0.3) is 0 Å². The summed E-state index contributed by atoms with van der Waals surface area (Å²) >= 11 is 0. The van der Waals surface area contributed by atoms with Crippen LogP contribution < -0.4 is 11.1 Å². The number of carbonyl (C=O) groups is 1. The number of carbonyl (C=O) groups excluding carboxylic acids is 1. The maximum absolute atomic E-state index is 11.0. The van der Waals surface area contributed by atoms with E-state index in [4.69, 9.17) is 5.73 Å². The van der Waals surface area contributed by atoms with Gasteiger partial charge in [0, 0.05) is 17.6 Å². The summed E-state index contributed by atoms with van der Waals surface area (Å²) in [5, 5.41) is 13.9. The van der Waals surface area contributed by atoms with Crippen LogP contribution >= 0.6 is 0 Å². The lowest BCUT2D eigenvalue weighted by molar-refractivity contribution is 0.0832. The van der Waals surface area contributed by atoms with Crippen molar-refractivity contribution in [1.82, 2.24) is 5.32 Å². The molecule has 0 spiro atoms. The van der Waals surface area contributed by atoms with E-state index in [0.717, 1.165) is 30.1 Å². The standard InChI is InChI=1S/C23H36N2O2/c1-15-10-17(6-8-21(15)24)12-18-7-9-22(16(2)11-18)25-23(27)20-5-3-4-19(13-20)14-26/h3-5,13-18,21-23,25,27H,6-12,24H2,1-2H3. The number of aldehydes is 1. The van der Waals surface area contributed by atoms with Gasteiger partial charge >= 0.3 is 0 Å². The van der Waals surface area contributed by atoms with Crippen molar-refractivity contribution < 1.29 is 9.90 Å². The molecule has 7 unspecified atom stereocenters. The molecule has 0 bridgehead atoms. The number of aliphatic hydroxyl groups is 1. The van der Waals surface area contributed by atoms with Gasteiger partial charge in [0.2, 0.25) is 0 Å². The molecule has 1 aromatic rings. The minimum atomic E-state index is -0.713. The smallest absolute Gasteiger partial charge is 0.150 e. The first kappa shape index (κ1) is 20.5. The molecule has 4 nitrogen and oxygen atoms in total. The second kappa shape index (κ2) is 9.31. The Morgan fingerprint density at radius 2 is 1.85 bits per heavy atom. The van der Waals surface area contributed by atoms with Gasteiger partial charge in [0.1, 0.15) is 12.5 Å². The Morgan fingerprint density at radius 3 is 2.52 bits per heavy atom. The maximum atomic E-state index is 11.0. The Labute approximate surface area is 163 Å². The molecule has 2 aliphatic rings. The number of aliphatic hydroxyl groups excluding tert-OH is 1. The molecule has 4 N–H and O–H groups in total.